The summed E-state index contributed by atoms with van der Waals surface area (Å²) in [5.74, 6) is -0.139. The molecule has 1 N–H and O–H groups in total. The highest BCUT2D eigenvalue weighted by atomic mass is 16.6. The van der Waals surface area contributed by atoms with Crippen molar-refractivity contribution >= 4 is 12.0 Å². The number of ether oxygens (including phenoxy) is 3. The van der Waals surface area contributed by atoms with E-state index in [1.54, 1.807) is 4.90 Å². The van der Waals surface area contributed by atoms with Gasteiger partial charge in [-0.1, -0.05) is 0 Å². The Morgan fingerprint density at radius 2 is 2.14 bits per heavy atom. The van der Waals surface area contributed by atoms with Crippen LogP contribution in [0.5, 0.6) is 0 Å². The minimum absolute atomic E-state index is 0.139. The van der Waals surface area contributed by atoms with E-state index in [0.29, 0.717) is 26.2 Å². The lowest BCUT2D eigenvalue weighted by molar-refractivity contribution is -0.139. The van der Waals surface area contributed by atoms with Gasteiger partial charge in [0.2, 0.25) is 5.91 Å². The average Bonchev–Trinajstić information content (AvgIpc) is 2.65. The number of rotatable bonds is 2. The number of morpholine rings is 1. The lowest BCUT2D eigenvalue weighted by Crippen LogP contribution is -2.53. The Kier molecular flexibility index (Phi) is 4.67. The molecule has 2 fully saturated rings. The zero-order valence-corrected chi connectivity index (χ0v) is 14.0. The molecule has 2 amide bonds. The van der Waals surface area contributed by atoms with Crippen LogP contribution in [0.4, 0.5) is 4.79 Å². The highest BCUT2D eigenvalue weighted by Crippen LogP contribution is 2.32. The summed E-state index contributed by atoms with van der Waals surface area (Å²) in [5.41, 5.74) is -1.35. The van der Waals surface area contributed by atoms with E-state index in [2.05, 4.69) is 5.32 Å². The molecule has 2 aliphatic heterocycles. The molecule has 0 spiro atoms. The summed E-state index contributed by atoms with van der Waals surface area (Å²) in [7, 11) is 0. The lowest BCUT2D eigenvalue weighted by atomic mass is 10.1. The van der Waals surface area contributed by atoms with Crippen LogP contribution >= 0.6 is 0 Å². The van der Waals surface area contributed by atoms with Gasteiger partial charge in [0.1, 0.15) is 17.4 Å². The van der Waals surface area contributed by atoms with Crippen LogP contribution in [0.15, 0.2) is 0 Å². The van der Waals surface area contributed by atoms with Crippen molar-refractivity contribution in [1.82, 2.24) is 10.2 Å². The summed E-state index contributed by atoms with van der Waals surface area (Å²) >= 11 is 0. The minimum Gasteiger partial charge on any atom is -0.444 e. The van der Waals surface area contributed by atoms with E-state index in [4.69, 9.17) is 14.2 Å². The Balaban J connectivity index is 2.09. The summed E-state index contributed by atoms with van der Waals surface area (Å²) in [4.78, 5) is 25.9. The Hall–Kier alpha value is -1.34. The molecule has 2 aliphatic rings. The van der Waals surface area contributed by atoms with Crippen molar-refractivity contribution in [3.63, 3.8) is 0 Å². The smallest absolute Gasteiger partial charge is 0.412 e. The summed E-state index contributed by atoms with van der Waals surface area (Å²) < 4.78 is 16.7. The van der Waals surface area contributed by atoms with Crippen LogP contribution in [0.1, 0.15) is 41.0 Å². The van der Waals surface area contributed by atoms with Crippen LogP contribution in [-0.2, 0) is 19.0 Å². The summed E-state index contributed by atoms with van der Waals surface area (Å²) in [6.07, 6.45) is -0.591. The van der Waals surface area contributed by atoms with E-state index < -0.39 is 23.5 Å². The Morgan fingerprint density at radius 3 is 2.73 bits per heavy atom. The van der Waals surface area contributed by atoms with Gasteiger partial charge >= 0.3 is 6.09 Å². The van der Waals surface area contributed by atoms with Crippen molar-refractivity contribution < 1.29 is 23.8 Å². The summed E-state index contributed by atoms with van der Waals surface area (Å²) in [6.45, 7) is 10.5. The number of hydrogen-bond donors (Lipinski definition) is 1. The average molecular weight is 314 g/mol. The van der Waals surface area contributed by atoms with Gasteiger partial charge in [0.05, 0.1) is 19.3 Å². The molecule has 2 heterocycles. The topological polar surface area (TPSA) is 77.1 Å². The fourth-order valence-corrected chi connectivity index (χ4v) is 2.72. The van der Waals surface area contributed by atoms with Crippen LogP contribution in [0.2, 0.25) is 0 Å². The highest BCUT2D eigenvalue weighted by molar-refractivity contribution is 5.81. The van der Waals surface area contributed by atoms with E-state index in [1.807, 2.05) is 34.6 Å². The first-order valence-corrected chi connectivity index (χ1v) is 7.66. The van der Waals surface area contributed by atoms with Crippen molar-refractivity contribution in [2.45, 2.75) is 64.5 Å². The zero-order chi connectivity index (χ0) is 16.5. The Morgan fingerprint density at radius 1 is 1.45 bits per heavy atom. The molecular formula is C15H26N2O5. The molecule has 7 heteroatoms. The van der Waals surface area contributed by atoms with Gasteiger partial charge in [-0.05, 0) is 34.6 Å². The molecule has 0 aromatic rings. The van der Waals surface area contributed by atoms with Gasteiger partial charge in [0.15, 0.2) is 0 Å². The number of carbonyl (C=O) groups is 2. The lowest BCUT2D eigenvalue weighted by Gasteiger charge is -2.36. The number of carbonyl (C=O) groups excluding carboxylic acids is 2. The molecule has 2 rings (SSSR count). The summed E-state index contributed by atoms with van der Waals surface area (Å²) in [5, 5.41) is 2.77. The van der Waals surface area contributed by atoms with Crippen molar-refractivity contribution in [2.24, 2.45) is 0 Å². The predicted octanol–water partition coefficient (Wildman–Crippen LogP) is 1.26. The van der Waals surface area contributed by atoms with Crippen molar-refractivity contribution in [2.75, 3.05) is 19.8 Å². The largest absolute Gasteiger partial charge is 0.444 e. The molecule has 0 aromatic heterocycles. The maximum Gasteiger partial charge on any atom is 0.412 e. The van der Waals surface area contributed by atoms with Crippen LogP contribution in [0.25, 0.3) is 0 Å². The third-order valence-electron chi connectivity index (χ3n) is 3.66. The number of amides is 2. The fourth-order valence-electron chi connectivity index (χ4n) is 2.72. The first kappa shape index (κ1) is 17.0. The molecule has 22 heavy (non-hydrogen) atoms. The molecule has 126 valence electrons. The molecule has 7 nitrogen and oxygen atoms in total. The second-order valence-corrected chi connectivity index (χ2v) is 7.15. The number of nitrogens with zero attached hydrogens (tertiary/aromatic N) is 1. The molecule has 0 unspecified atom stereocenters. The first-order valence-electron chi connectivity index (χ1n) is 7.66. The second-order valence-electron chi connectivity index (χ2n) is 7.15. The number of hydrogen-bond acceptors (Lipinski definition) is 5. The van der Waals surface area contributed by atoms with Gasteiger partial charge < -0.3 is 19.5 Å². The molecule has 0 aromatic carbocycles. The van der Waals surface area contributed by atoms with Gasteiger partial charge in [-0.3, -0.25) is 9.69 Å². The number of nitrogens with one attached hydrogen (secondary N) is 1. The van der Waals surface area contributed by atoms with Gasteiger partial charge in [-0.25, -0.2) is 4.79 Å². The van der Waals surface area contributed by atoms with Crippen LogP contribution in [0.3, 0.4) is 0 Å². The highest BCUT2D eigenvalue weighted by Gasteiger charge is 2.47. The molecule has 0 bridgehead atoms. The molecule has 0 saturated carbocycles. The van der Waals surface area contributed by atoms with Crippen molar-refractivity contribution in [1.29, 1.82) is 0 Å². The summed E-state index contributed by atoms with van der Waals surface area (Å²) in [6, 6.07) is -0.251. The van der Waals surface area contributed by atoms with Crippen LogP contribution in [0, 0.1) is 0 Å². The van der Waals surface area contributed by atoms with Gasteiger partial charge in [-0.15, -0.1) is 0 Å². The first-order chi connectivity index (χ1) is 10.1. The molecule has 0 aliphatic carbocycles. The van der Waals surface area contributed by atoms with Gasteiger partial charge in [0, 0.05) is 13.0 Å². The van der Waals surface area contributed by atoms with E-state index in [0.717, 1.165) is 0 Å². The zero-order valence-electron chi connectivity index (χ0n) is 14.0. The molecule has 2 saturated heterocycles. The van der Waals surface area contributed by atoms with E-state index >= 15 is 0 Å². The molecular weight excluding hydrogens is 288 g/mol. The quantitative estimate of drug-likeness (QED) is 0.830. The van der Waals surface area contributed by atoms with Crippen LogP contribution < -0.4 is 5.32 Å². The maximum atomic E-state index is 12.5. The fraction of sp³-hybridized carbons (Fsp3) is 0.867. The minimum atomic E-state index is -0.766. The van der Waals surface area contributed by atoms with Crippen LogP contribution in [-0.4, -0.2) is 60.1 Å². The standard InChI is InChI=1S/C15H26N2O5/c1-14(2,3)22-13(19)17-10(9-21-15(17,4)5)8-11-12(18)16-6-7-20-11/h10-11H,6-9H2,1-5H3,(H,16,18)/t10-,11-/m0/s1. The Labute approximate surface area is 131 Å². The van der Waals surface area contributed by atoms with Crippen molar-refractivity contribution in [3.05, 3.63) is 0 Å². The monoisotopic (exact) mass is 314 g/mol. The predicted molar refractivity (Wildman–Crippen MR) is 79.3 cm³/mol. The molecule has 0 radical (unpaired) electrons. The Bertz CT molecular complexity index is 444. The SMILES string of the molecule is CC(C)(C)OC(=O)N1[C@@H](C[C@@H]2OCCNC2=O)COC1(C)C. The second kappa shape index (κ2) is 6.04. The normalized spacial score (nSPS) is 28.4. The van der Waals surface area contributed by atoms with Gasteiger partial charge in [-0.2, -0.15) is 0 Å². The maximum absolute atomic E-state index is 12.5. The third-order valence-corrected chi connectivity index (χ3v) is 3.66. The van der Waals surface area contributed by atoms with Gasteiger partial charge in [0.25, 0.3) is 0 Å². The molecule has 2 atom stereocenters. The third kappa shape index (κ3) is 3.89. The van der Waals surface area contributed by atoms with E-state index in [-0.39, 0.29) is 11.9 Å². The van der Waals surface area contributed by atoms with Crippen molar-refractivity contribution in [3.8, 4) is 0 Å². The van der Waals surface area contributed by atoms with E-state index in [1.165, 1.54) is 0 Å². The van der Waals surface area contributed by atoms with E-state index in [9.17, 15) is 9.59 Å².